The zero-order valence-electron chi connectivity index (χ0n) is 53.8. The molecule has 15 atom stereocenters. The molecule has 11 rings (SSSR count). The van der Waals surface area contributed by atoms with Crippen molar-refractivity contribution in [3.8, 4) is 0 Å². The van der Waals surface area contributed by atoms with E-state index < -0.39 is 135 Å². The van der Waals surface area contributed by atoms with Gasteiger partial charge in [0.2, 0.25) is 0 Å². The minimum atomic E-state index is -1.73. The molecule has 7 aromatic carbocycles. The van der Waals surface area contributed by atoms with Gasteiger partial charge in [-0.15, -0.1) is 0 Å². The molecule has 0 bridgehead atoms. The third-order valence-electron chi connectivity index (χ3n) is 16.8. The molecule has 3 fully saturated rings. The maximum absolute atomic E-state index is 14.7. The molecule has 0 radical (unpaired) electrons. The number of nitrogens with zero attached hydrogens (tertiary/aromatic N) is 1. The molecule has 504 valence electrons. The second-order valence-electron chi connectivity index (χ2n) is 23.6. The van der Waals surface area contributed by atoms with E-state index in [4.69, 9.17) is 71.1 Å². The van der Waals surface area contributed by atoms with E-state index in [0.717, 1.165) is 52.1 Å². The number of amides is 2. The predicted molar refractivity (Wildman–Crippen MR) is 343 cm³/mol. The van der Waals surface area contributed by atoms with E-state index in [0.29, 0.717) is 0 Å². The number of methoxy groups -OCH3 is 1. The van der Waals surface area contributed by atoms with Crippen molar-refractivity contribution in [2.45, 2.75) is 152 Å². The quantitative estimate of drug-likeness (QED) is 0.0232. The van der Waals surface area contributed by atoms with Gasteiger partial charge in [0.15, 0.2) is 31.1 Å². The van der Waals surface area contributed by atoms with E-state index in [1.54, 1.807) is 12.1 Å². The number of hydrogen-bond donors (Lipinski definition) is 0. The Morgan fingerprint density at radius 3 is 1.00 bits per heavy atom. The molecule has 0 aliphatic carbocycles. The first kappa shape index (κ1) is 69.0. The molecule has 0 N–H and O–H groups in total. The Kier molecular flexibility index (Phi) is 24.4. The summed E-state index contributed by atoms with van der Waals surface area (Å²) < 4.78 is 100. The van der Waals surface area contributed by atoms with Gasteiger partial charge in [0.1, 0.15) is 67.6 Å². The molecule has 2 amide bonds. The van der Waals surface area contributed by atoms with Crippen molar-refractivity contribution in [3.05, 3.63) is 251 Å². The van der Waals surface area contributed by atoms with E-state index in [-0.39, 0.29) is 57.4 Å². The highest BCUT2D eigenvalue weighted by atomic mass is 16.8. The number of hydrogen-bond acceptors (Lipinski definition) is 20. The monoisotopic (exact) mass is 1310 g/mol. The van der Waals surface area contributed by atoms with Crippen molar-refractivity contribution in [1.82, 2.24) is 4.90 Å². The fourth-order valence-corrected chi connectivity index (χ4v) is 12.2. The molecule has 0 saturated carbocycles. The molecule has 3 saturated heterocycles. The highest BCUT2D eigenvalue weighted by Crippen LogP contribution is 2.39. The highest BCUT2D eigenvalue weighted by molar-refractivity contribution is 6.21. The molecule has 0 unspecified atom stereocenters. The molecule has 96 heavy (non-hydrogen) atoms. The van der Waals surface area contributed by atoms with Crippen LogP contribution in [0.3, 0.4) is 0 Å². The van der Waals surface area contributed by atoms with Gasteiger partial charge in [0.05, 0.1) is 64.0 Å². The van der Waals surface area contributed by atoms with E-state index in [1.165, 1.54) is 26.2 Å². The summed E-state index contributed by atoms with van der Waals surface area (Å²) in [5, 5.41) is 0. The number of carbonyl (C=O) groups is 5. The Hall–Kier alpha value is -8.39. The number of fused-ring (bicyclic) bond motifs is 1. The van der Waals surface area contributed by atoms with Crippen molar-refractivity contribution in [3.63, 3.8) is 0 Å². The van der Waals surface area contributed by atoms with Crippen molar-refractivity contribution in [1.29, 1.82) is 0 Å². The second kappa shape index (κ2) is 34.0. The average Bonchev–Trinajstić information content (AvgIpc) is 1.50. The molecule has 7 aromatic rings. The van der Waals surface area contributed by atoms with Gasteiger partial charge in [-0.25, -0.2) is 0 Å². The normalized spacial score (nSPS) is 26.4. The maximum atomic E-state index is 14.7. The van der Waals surface area contributed by atoms with E-state index in [2.05, 4.69) is 0 Å². The summed E-state index contributed by atoms with van der Waals surface area (Å²) in [5.74, 6) is -3.97. The summed E-state index contributed by atoms with van der Waals surface area (Å²) in [5.41, 5.74) is 5.25. The zero-order chi connectivity index (χ0) is 66.8. The van der Waals surface area contributed by atoms with Gasteiger partial charge in [-0.3, -0.25) is 28.9 Å². The topological polar surface area (TPSA) is 227 Å². The van der Waals surface area contributed by atoms with Crippen LogP contribution in [0.15, 0.2) is 206 Å². The van der Waals surface area contributed by atoms with Crippen molar-refractivity contribution in [2.75, 3.05) is 26.9 Å². The lowest BCUT2D eigenvalue weighted by molar-refractivity contribution is -0.356. The highest BCUT2D eigenvalue weighted by Gasteiger charge is 2.59. The third-order valence-corrected chi connectivity index (χ3v) is 16.8. The number of rotatable bonds is 30. The summed E-state index contributed by atoms with van der Waals surface area (Å²) in [7, 11) is 1.53. The van der Waals surface area contributed by atoms with Gasteiger partial charge in [-0.2, -0.15) is 0 Å². The first-order valence-electron chi connectivity index (χ1n) is 32.0. The van der Waals surface area contributed by atoms with Gasteiger partial charge in [0, 0.05) is 27.9 Å². The van der Waals surface area contributed by atoms with Crippen LogP contribution >= 0.6 is 0 Å². The van der Waals surface area contributed by atoms with Gasteiger partial charge >= 0.3 is 17.9 Å². The van der Waals surface area contributed by atoms with Crippen LogP contribution in [0, 0.1) is 0 Å². The van der Waals surface area contributed by atoms with Crippen LogP contribution in [0.5, 0.6) is 0 Å². The number of esters is 3. The molecule has 4 aliphatic heterocycles. The summed E-state index contributed by atoms with van der Waals surface area (Å²) in [6.45, 7) is 2.79. The maximum Gasteiger partial charge on any atom is 0.303 e. The first-order chi connectivity index (χ1) is 46.9. The summed E-state index contributed by atoms with van der Waals surface area (Å²) in [4.78, 5) is 69.2. The zero-order valence-corrected chi connectivity index (χ0v) is 53.8. The number of imide groups is 1. The molecule has 4 aliphatic rings. The summed E-state index contributed by atoms with van der Waals surface area (Å²) in [6.07, 6.45) is -16.8. The van der Waals surface area contributed by atoms with Crippen LogP contribution in [-0.4, -0.2) is 154 Å². The van der Waals surface area contributed by atoms with E-state index in [1.807, 2.05) is 182 Å². The van der Waals surface area contributed by atoms with Crippen molar-refractivity contribution in [2.24, 2.45) is 0 Å². The second-order valence-corrected chi connectivity index (χ2v) is 23.6. The Morgan fingerprint density at radius 2 is 0.635 bits per heavy atom. The van der Waals surface area contributed by atoms with Crippen LogP contribution in [0.25, 0.3) is 0 Å². The van der Waals surface area contributed by atoms with Crippen LogP contribution in [0.2, 0.25) is 0 Å². The molecule has 21 heteroatoms. The van der Waals surface area contributed by atoms with Crippen molar-refractivity contribution < 1.29 is 95.0 Å². The van der Waals surface area contributed by atoms with E-state index in [9.17, 15) is 24.0 Å². The van der Waals surface area contributed by atoms with Gasteiger partial charge in [-0.1, -0.05) is 194 Å². The van der Waals surface area contributed by atoms with Gasteiger partial charge in [0.25, 0.3) is 11.8 Å². The lowest BCUT2D eigenvalue weighted by Gasteiger charge is -2.49. The van der Waals surface area contributed by atoms with Crippen LogP contribution in [0.4, 0.5) is 0 Å². The Bertz CT molecular complexity index is 3560. The van der Waals surface area contributed by atoms with Gasteiger partial charge < -0.3 is 71.1 Å². The molecular weight excluding hydrogens is 1230 g/mol. The number of ether oxygens (including phenoxy) is 15. The largest absolute Gasteiger partial charge is 0.463 e. The molecule has 0 aromatic heterocycles. The van der Waals surface area contributed by atoms with Crippen LogP contribution < -0.4 is 0 Å². The Labute approximate surface area is 557 Å². The van der Waals surface area contributed by atoms with Gasteiger partial charge in [-0.05, 0) is 45.5 Å². The molecule has 21 nitrogen and oxygen atoms in total. The third kappa shape index (κ3) is 17.8. The number of benzene rings is 7. The first-order valence-corrected chi connectivity index (χ1v) is 32.0. The summed E-state index contributed by atoms with van der Waals surface area (Å²) >= 11 is 0. The van der Waals surface area contributed by atoms with E-state index >= 15 is 0 Å². The molecule has 4 heterocycles. The predicted octanol–water partition coefficient (Wildman–Crippen LogP) is 9.44. The number of carbonyl (C=O) groups excluding carboxylic acids is 5. The molecular formula is C75H79NO20. The fraction of sp³-hybridized carbons (Fsp3) is 0.373. The smallest absolute Gasteiger partial charge is 0.303 e. The lowest BCUT2D eigenvalue weighted by Crippen LogP contribution is -2.68. The van der Waals surface area contributed by atoms with Crippen LogP contribution in [0.1, 0.15) is 74.9 Å². The SMILES string of the molecule is CO[C@H]1O[C@H](CO[C@@H]2O[C@H](CO[C@@H]3O[C@H](COC(C)=O)[C@@H](OC(C)=O)[C@H](OC(C)=O)[C@H]3N3C(=O)c4ccccc4C3=O)[C@@H](OCc3ccccc3)[C@H](OCc3ccccc3)[C@H]2OCc2ccccc2)[C@@H](OCc2ccccc2)[C@H](OCc2ccccc2)[C@H]1OCc1ccccc1. The standard InChI is InChI=1S/C75H79NO20/c1-48(77)83-45-61-65(92-49(2)78)66(93-50(3)79)62(76-71(80)57-37-23-24-38-58(57)72(76)81)73(94-61)90-46-60-64(85-40-52-27-13-6-14-28-52)68(87-42-54-31-17-8-18-32-54)70(89-44-56-35-21-10-22-36-56)75(96-60)91-47-59-63(84-39-51-25-11-5-12-26-51)67(86-41-53-29-15-7-16-30-53)69(74(82-4)95-59)88-43-55-33-19-9-20-34-55/h5-38,59-70,73-75H,39-47H2,1-4H3/t59-,60-,61-,62-,63-,64-,65-,66-,67+,68+,69-,70-,73-,74+,75-/m1/s1. The minimum Gasteiger partial charge on any atom is -0.463 e. The molecule has 0 spiro atoms. The Balaban J connectivity index is 0.993. The fourth-order valence-electron chi connectivity index (χ4n) is 12.2. The van der Waals surface area contributed by atoms with Crippen LogP contribution in [-0.2, 0) is 125 Å². The minimum absolute atomic E-state index is 0.0285. The van der Waals surface area contributed by atoms with Crippen molar-refractivity contribution >= 4 is 29.7 Å². The Morgan fingerprint density at radius 1 is 0.333 bits per heavy atom. The lowest BCUT2D eigenvalue weighted by atomic mass is 9.94. The summed E-state index contributed by atoms with van der Waals surface area (Å²) in [6, 6.07) is 62.4. The average molecular weight is 1310 g/mol.